The lowest BCUT2D eigenvalue weighted by molar-refractivity contribution is 0.157. The molecule has 0 aliphatic carbocycles. The monoisotopic (exact) mass is 319 g/mol. The molecule has 0 bridgehead atoms. The van der Waals surface area contributed by atoms with Gasteiger partial charge in [-0.05, 0) is 38.0 Å². The lowest BCUT2D eigenvalue weighted by atomic mass is 10.1. The van der Waals surface area contributed by atoms with Crippen molar-refractivity contribution in [2.75, 3.05) is 33.9 Å². The molecule has 5 nitrogen and oxygen atoms in total. The van der Waals surface area contributed by atoms with Crippen LogP contribution in [-0.2, 0) is 11.3 Å². The van der Waals surface area contributed by atoms with E-state index in [-0.39, 0.29) is 6.10 Å². The van der Waals surface area contributed by atoms with Gasteiger partial charge in [0.15, 0.2) is 5.96 Å². The highest BCUT2D eigenvalue weighted by atomic mass is 16.5. The third-order valence-corrected chi connectivity index (χ3v) is 3.92. The Morgan fingerprint density at radius 1 is 1.43 bits per heavy atom. The summed E-state index contributed by atoms with van der Waals surface area (Å²) in [6, 6.07) is 8.21. The Balaban J connectivity index is 1.89. The maximum Gasteiger partial charge on any atom is 0.193 e. The van der Waals surface area contributed by atoms with E-state index < -0.39 is 0 Å². The summed E-state index contributed by atoms with van der Waals surface area (Å²) in [6.45, 7) is 7.68. The number of nitrogens with zero attached hydrogens (tertiary/aromatic N) is 2. The van der Waals surface area contributed by atoms with Crippen molar-refractivity contribution < 1.29 is 9.47 Å². The SMILES string of the molecule is CN=C(NCc1cccc(OC(C)C)c1)N1CCC(COC)C1. The maximum atomic E-state index is 5.75. The van der Waals surface area contributed by atoms with Crippen LogP contribution in [0.1, 0.15) is 25.8 Å². The van der Waals surface area contributed by atoms with E-state index in [1.165, 1.54) is 5.56 Å². The van der Waals surface area contributed by atoms with Gasteiger partial charge in [-0.2, -0.15) is 0 Å². The highest BCUT2D eigenvalue weighted by molar-refractivity contribution is 5.80. The topological polar surface area (TPSA) is 46.1 Å². The van der Waals surface area contributed by atoms with Crippen molar-refractivity contribution in [3.8, 4) is 5.75 Å². The minimum absolute atomic E-state index is 0.188. The van der Waals surface area contributed by atoms with E-state index in [0.29, 0.717) is 5.92 Å². The Morgan fingerprint density at radius 3 is 2.96 bits per heavy atom. The van der Waals surface area contributed by atoms with Crippen LogP contribution >= 0.6 is 0 Å². The number of guanidine groups is 1. The van der Waals surface area contributed by atoms with Crippen LogP contribution in [0.15, 0.2) is 29.3 Å². The second kappa shape index (κ2) is 8.77. The zero-order valence-corrected chi connectivity index (χ0v) is 14.7. The number of benzene rings is 1. The zero-order valence-electron chi connectivity index (χ0n) is 14.7. The molecule has 0 aromatic heterocycles. The quantitative estimate of drug-likeness (QED) is 0.646. The minimum Gasteiger partial charge on any atom is -0.491 e. The molecule has 1 saturated heterocycles. The number of likely N-dealkylation sites (tertiary alicyclic amines) is 1. The van der Waals surface area contributed by atoms with Gasteiger partial charge in [0.2, 0.25) is 0 Å². The molecule has 1 atom stereocenters. The van der Waals surface area contributed by atoms with Gasteiger partial charge >= 0.3 is 0 Å². The van der Waals surface area contributed by atoms with Crippen molar-refractivity contribution in [2.24, 2.45) is 10.9 Å². The van der Waals surface area contributed by atoms with E-state index in [0.717, 1.165) is 44.4 Å². The van der Waals surface area contributed by atoms with Crippen LogP contribution in [0.2, 0.25) is 0 Å². The summed E-state index contributed by atoms with van der Waals surface area (Å²) in [4.78, 5) is 6.71. The minimum atomic E-state index is 0.188. The second-order valence-electron chi connectivity index (χ2n) is 6.27. The number of hydrogen-bond donors (Lipinski definition) is 1. The standard InChI is InChI=1S/C18H29N3O2/c1-14(2)23-17-7-5-6-15(10-17)11-20-18(19-3)21-9-8-16(12-21)13-22-4/h5-7,10,14,16H,8-9,11-13H2,1-4H3,(H,19,20). The average molecular weight is 319 g/mol. The lowest BCUT2D eigenvalue weighted by Crippen LogP contribution is -2.39. The Hall–Kier alpha value is -1.75. The van der Waals surface area contributed by atoms with Crippen LogP contribution in [0.4, 0.5) is 0 Å². The fourth-order valence-corrected chi connectivity index (χ4v) is 2.91. The van der Waals surface area contributed by atoms with E-state index in [2.05, 4.69) is 27.3 Å². The first-order valence-electron chi connectivity index (χ1n) is 8.32. The molecular formula is C18H29N3O2. The molecule has 1 N–H and O–H groups in total. The third kappa shape index (κ3) is 5.43. The van der Waals surface area contributed by atoms with Gasteiger partial charge in [0, 0.05) is 39.7 Å². The number of nitrogens with one attached hydrogen (secondary N) is 1. The molecule has 1 aromatic carbocycles. The first-order valence-corrected chi connectivity index (χ1v) is 8.32. The molecule has 1 aliphatic rings. The summed E-state index contributed by atoms with van der Waals surface area (Å²) in [7, 11) is 3.60. The summed E-state index contributed by atoms with van der Waals surface area (Å²) in [6.07, 6.45) is 1.35. The molecule has 1 aromatic rings. The molecule has 1 unspecified atom stereocenters. The van der Waals surface area contributed by atoms with Gasteiger partial charge in [0.1, 0.15) is 5.75 Å². The summed E-state index contributed by atoms with van der Waals surface area (Å²) in [5.41, 5.74) is 1.19. The van der Waals surface area contributed by atoms with Crippen LogP contribution in [0.25, 0.3) is 0 Å². The van der Waals surface area contributed by atoms with Crippen molar-refractivity contribution in [3.05, 3.63) is 29.8 Å². The smallest absolute Gasteiger partial charge is 0.193 e. The van der Waals surface area contributed by atoms with Crippen LogP contribution < -0.4 is 10.1 Å². The van der Waals surface area contributed by atoms with Crippen molar-refractivity contribution in [3.63, 3.8) is 0 Å². The fourth-order valence-electron chi connectivity index (χ4n) is 2.91. The van der Waals surface area contributed by atoms with Gasteiger partial charge in [-0.25, -0.2) is 0 Å². The predicted octanol–water partition coefficient (Wildman–Crippen LogP) is 2.52. The van der Waals surface area contributed by atoms with Gasteiger partial charge in [-0.15, -0.1) is 0 Å². The van der Waals surface area contributed by atoms with Crippen LogP contribution in [-0.4, -0.2) is 50.8 Å². The third-order valence-electron chi connectivity index (χ3n) is 3.92. The number of rotatable bonds is 6. The maximum absolute atomic E-state index is 5.75. The van der Waals surface area contributed by atoms with E-state index >= 15 is 0 Å². The van der Waals surface area contributed by atoms with Gasteiger partial charge in [0.25, 0.3) is 0 Å². The normalized spacial score (nSPS) is 18.6. The Labute approximate surface area is 139 Å². The summed E-state index contributed by atoms with van der Waals surface area (Å²) >= 11 is 0. The summed E-state index contributed by atoms with van der Waals surface area (Å²) in [5, 5.41) is 3.45. The van der Waals surface area contributed by atoms with Crippen LogP contribution in [0, 0.1) is 5.92 Å². The van der Waals surface area contributed by atoms with Gasteiger partial charge < -0.3 is 19.7 Å². The number of methoxy groups -OCH3 is 1. The number of aliphatic imine (C=N–C) groups is 1. The van der Waals surface area contributed by atoms with Crippen molar-refractivity contribution in [1.82, 2.24) is 10.2 Å². The summed E-state index contributed by atoms with van der Waals surface area (Å²) in [5.74, 6) is 2.47. The molecule has 23 heavy (non-hydrogen) atoms. The largest absolute Gasteiger partial charge is 0.491 e. The first kappa shape index (κ1) is 17.6. The second-order valence-corrected chi connectivity index (χ2v) is 6.27. The molecule has 0 spiro atoms. The van der Waals surface area contributed by atoms with Crippen molar-refractivity contribution in [1.29, 1.82) is 0 Å². The van der Waals surface area contributed by atoms with E-state index in [1.807, 2.05) is 33.0 Å². The van der Waals surface area contributed by atoms with Crippen LogP contribution in [0.5, 0.6) is 5.75 Å². The molecule has 0 radical (unpaired) electrons. The Kier molecular flexibility index (Phi) is 6.71. The number of hydrogen-bond acceptors (Lipinski definition) is 3. The van der Waals surface area contributed by atoms with E-state index in [9.17, 15) is 0 Å². The zero-order chi connectivity index (χ0) is 16.7. The number of ether oxygens (including phenoxy) is 2. The summed E-state index contributed by atoms with van der Waals surface area (Å²) < 4.78 is 11.0. The molecule has 0 saturated carbocycles. The Morgan fingerprint density at radius 2 is 2.26 bits per heavy atom. The van der Waals surface area contributed by atoms with Crippen molar-refractivity contribution >= 4 is 5.96 Å². The van der Waals surface area contributed by atoms with Gasteiger partial charge in [-0.1, -0.05) is 12.1 Å². The van der Waals surface area contributed by atoms with Gasteiger partial charge in [-0.3, -0.25) is 4.99 Å². The highest BCUT2D eigenvalue weighted by Crippen LogP contribution is 2.17. The van der Waals surface area contributed by atoms with Crippen LogP contribution in [0.3, 0.4) is 0 Å². The molecule has 128 valence electrons. The molecule has 5 heteroatoms. The van der Waals surface area contributed by atoms with E-state index in [4.69, 9.17) is 9.47 Å². The average Bonchev–Trinajstić information content (AvgIpc) is 2.96. The molecule has 1 heterocycles. The highest BCUT2D eigenvalue weighted by Gasteiger charge is 2.24. The predicted molar refractivity (Wildman–Crippen MR) is 94.0 cm³/mol. The molecule has 0 amide bonds. The molecular weight excluding hydrogens is 290 g/mol. The first-order chi connectivity index (χ1) is 11.1. The molecule has 2 rings (SSSR count). The lowest BCUT2D eigenvalue weighted by Gasteiger charge is -2.22. The molecule has 1 aliphatic heterocycles. The fraction of sp³-hybridized carbons (Fsp3) is 0.611. The van der Waals surface area contributed by atoms with E-state index in [1.54, 1.807) is 7.11 Å². The van der Waals surface area contributed by atoms with Crippen molar-refractivity contribution in [2.45, 2.75) is 32.9 Å². The Bertz CT molecular complexity index is 517. The molecule has 1 fully saturated rings. The van der Waals surface area contributed by atoms with Gasteiger partial charge in [0.05, 0.1) is 12.7 Å².